The first-order valence-electron chi connectivity index (χ1n) is 10.9. The molecule has 3 rings (SSSR count). The van der Waals surface area contributed by atoms with E-state index in [2.05, 4.69) is 5.32 Å². The van der Waals surface area contributed by atoms with Gasteiger partial charge in [-0.2, -0.15) is 0 Å². The van der Waals surface area contributed by atoms with Crippen LogP contribution >= 0.6 is 0 Å². The Morgan fingerprint density at radius 3 is 2.38 bits per heavy atom. The van der Waals surface area contributed by atoms with Gasteiger partial charge in [0, 0.05) is 26.2 Å². The first-order chi connectivity index (χ1) is 15.1. The Bertz CT molecular complexity index is 819. The molecule has 176 valence electrons. The molecule has 2 fully saturated rings. The summed E-state index contributed by atoms with van der Waals surface area (Å²) in [6.07, 6.45) is 0.489. The molecule has 1 aliphatic heterocycles. The fourth-order valence-corrected chi connectivity index (χ4v) is 3.65. The van der Waals surface area contributed by atoms with Gasteiger partial charge >= 0.3 is 18.2 Å². The van der Waals surface area contributed by atoms with E-state index in [-0.39, 0.29) is 25.2 Å². The predicted octanol–water partition coefficient (Wildman–Crippen LogP) is 2.54. The largest absolute Gasteiger partial charge is 0.468 e. The molecule has 0 bridgehead atoms. The monoisotopic (exact) mass is 447 g/mol. The Morgan fingerprint density at radius 1 is 1.09 bits per heavy atom. The van der Waals surface area contributed by atoms with Gasteiger partial charge in [-0.05, 0) is 39.2 Å². The van der Waals surface area contributed by atoms with Crippen molar-refractivity contribution in [3.63, 3.8) is 0 Å². The van der Waals surface area contributed by atoms with Gasteiger partial charge in [-0.25, -0.2) is 9.59 Å². The second-order valence-corrected chi connectivity index (χ2v) is 9.27. The van der Waals surface area contributed by atoms with Crippen molar-refractivity contribution >= 4 is 18.2 Å². The minimum atomic E-state index is -0.706. The minimum absolute atomic E-state index is 0.165. The zero-order valence-electron chi connectivity index (χ0n) is 19.3. The number of nitrogens with zero attached hydrogens (tertiary/aromatic N) is 2. The number of esters is 1. The highest BCUT2D eigenvalue weighted by molar-refractivity contribution is 5.84. The molecule has 9 heteroatoms. The first kappa shape index (κ1) is 23.8. The van der Waals surface area contributed by atoms with Crippen LogP contribution in [0.4, 0.5) is 9.59 Å². The molecule has 2 aliphatic rings. The van der Waals surface area contributed by atoms with Crippen LogP contribution in [0.1, 0.15) is 39.2 Å². The van der Waals surface area contributed by atoms with Gasteiger partial charge in [0.2, 0.25) is 0 Å². The second-order valence-electron chi connectivity index (χ2n) is 9.27. The number of hydrogen-bond acceptors (Lipinski definition) is 7. The summed E-state index contributed by atoms with van der Waals surface area (Å²) in [7, 11) is 1.36. The molecule has 1 unspecified atom stereocenters. The lowest BCUT2D eigenvalue weighted by Crippen LogP contribution is -2.61. The van der Waals surface area contributed by atoms with E-state index in [4.69, 9.17) is 14.2 Å². The highest BCUT2D eigenvalue weighted by Crippen LogP contribution is 2.36. The van der Waals surface area contributed by atoms with Gasteiger partial charge in [-0.1, -0.05) is 30.3 Å². The molecule has 0 aromatic heterocycles. The maximum Gasteiger partial charge on any atom is 0.410 e. The van der Waals surface area contributed by atoms with E-state index in [1.165, 1.54) is 7.11 Å². The number of benzene rings is 1. The van der Waals surface area contributed by atoms with Gasteiger partial charge in [-0.3, -0.25) is 10.1 Å². The Hall–Kier alpha value is -2.81. The predicted molar refractivity (Wildman–Crippen MR) is 117 cm³/mol. The van der Waals surface area contributed by atoms with Crippen LogP contribution in [0.3, 0.4) is 0 Å². The number of amides is 2. The Morgan fingerprint density at radius 2 is 1.78 bits per heavy atom. The number of rotatable bonds is 6. The van der Waals surface area contributed by atoms with Crippen LogP contribution in [0.25, 0.3) is 0 Å². The molecule has 9 nitrogen and oxygen atoms in total. The van der Waals surface area contributed by atoms with Gasteiger partial charge in [0.25, 0.3) is 0 Å². The molecule has 1 saturated heterocycles. The lowest BCUT2D eigenvalue weighted by molar-refractivity contribution is -0.144. The molecule has 1 atom stereocenters. The van der Waals surface area contributed by atoms with E-state index in [9.17, 15) is 14.4 Å². The van der Waals surface area contributed by atoms with Crippen LogP contribution in [-0.2, 0) is 25.6 Å². The summed E-state index contributed by atoms with van der Waals surface area (Å²) in [5.74, 6) is -0.310. The Labute approximate surface area is 189 Å². The number of ether oxygens (including phenoxy) is 3. The van der Waals surface area contributed by atoms with Gasteiger partial charge in [-0.15, -0.1) is 0 Å². The number of carbonyl (C=O) groups is 3. The van der Waals surface area contributed by atoms with E-state index in [1.54, 1.807) is 9.80 Å². The number of carbonyl (C=O) groups excluding carboxylic acids is 3. The third kappa shape index (κ3) is 6.12. The molecule has 32 heavy (non-hydrogen) atoms. The number of hydrogen-bond donors (Lipinski definition) is 1. The smallest absolute Gasteiger partial charge is 0.410 e. The van der Waals surface area contributed by atoms with Crippen LogP contribution in [0, 0.1) is 0 Å². The summed E-state index contributed by atoms with van der Waals surface area (Å²) >= 11 is 0. The van der Waals surface area contributed by atoms with Crippen LogP contribution in [0.5, 0.6) is 0 Å². The summed E-state index contributed by atoms with van der Waals surface area (Å²) in [6, 6.07) is 9.08. The molecule has 1 aromatic carbocycles. The molecule has 1 aromatic rings. The molecule has 1 aliphatic carbocycles. The van der Waals surface area contributed by atoms with E-state index < -0.39 is 23.3 Å². The molecular formula is C23H33N3O6. The lowest BCUT2D eigenvalue weighted by Gasteiger charge is -2.41. The second kappa shape index (κ2) is 9.77. The highest BCUT2D eigenvalue weighted by atomic mass is 16.6. The SMILES string of the molecule is COC(=O)C1(NCC2CN(C(=O)OC(C)(C)C)CCN2C(=O)OCc2ccccc2)CC1. The molecule has 1 N–H and O–H groups in total. The summed E-state index contributed by atoms with van der Waals surface area (Å²) < 4.78 is 15.9. The lowest BCUT2D eigenvalue weighted by atomic mass is 10.1. The molecule has 1 heterocycles. The molecule has 2 amide bonds. The average molecular weight is 448 g/mol. The molecular weight excluding hydrogens is 414 g/mol. The van der Waals surface area contributed by atoms with E-state index in [0.717, 1.165) is 5.56 Å². The minimum Gasteiger partial charge on any atom is -0.468 e. The van der Waals surface area contributed by atoms with Crippen molar-refractivity contribution in [2.24, 2.45) is 0 Å². The van der Waals surface area contributed by atoms with Crippen molar-refractivity contribution in [2.45, 2.75) is 57.4 Å². The normalized spacial score (nSPS) is 19.8. The fourth-order valence-electron chi connectivity index (χ4n) is 3.65. The van der Waals surface area contributed by atoms with Crippen molar-refractivity contribution in [3.8, 4) is 0 Å². The molecule has 0 spiro atoms. The molecule has 1 saturated carbocycles. The van der Waals surface area contributed by atoms with Gasteiger partial charge in [0.05, 0.1) is 13.2 Å². The number of piperazine rings is 1. The molecule has 0 radical (unpaired) electrons. The zero-order chi connectivity index (χ0) is 23.4. The maximum absolute atomic E-state index is 12.9. The third-order valence-corrected chi connectivity index (χ3v) is 5.58. The van der Waals surface area contributed by atoms with Crippen LogP contribution < -0.4 is 5.32 Å². The zero-order valence-corrected chi connectivity index (χ0v) is 19.3. The fraction of sp³-hybridized carbons (Fsp3) is 0.609. The maximum atomic E-state index is 12.9. The van der Waals surface area contributed by atoms with Gasteiger partial charge in [0.15, 0.2) is 0 Å². The Balaban J connectivity index is 1.66. The van der Waals surface area contributed by atoms with Gasteiger partial charge in [0.1, 0.15) is 17.7 Å². The van der Waals surface area contributed by atoms with Crippen molar-refractivity contribution in [3.05, 3.63) is 35.9 Å². The highest BCUT2D eigenvalue weighted by Gasteiger charge is 2.51. The van der Waals surface area contributed by atoms with E-state index in [1.807, 2.05) is 51.1 Å². The van der Waals surface area contributed by atoms with Crippen molar-refractivity contribution in [2.75, 3.05) is 33.3 Å². The topological polar surface area (TPSA) is 97.4 Å². The average Bonchev–Trinajstić information content (AvgIpc) is 3.56. The summed E-state index contributed by atoms with van der Waals surface area (Å²) in [6.45, 7) is 6.86. The van der Waals surface area contributed by atoms with Crippen molar-refractivity contribution in [1.29, 1.82) is 0 Å². The van der Waals surface area contributed by atoms with Gasteiger partial charge < -0.3 is 24.0 Å². The Kier molecular flexibility index (Phi) is 7.28. The van der Waals surface area contributed by atoms with Crippen LogP contribution in [0.2, 0.25) is 0 Å². The van der Waals surface area contributed by atoms with Crippen LogP contribution in [-0.4, -0.2) is 78.4 Å². The van der Waals surface area contributed by atoms with Crippen molar-refractivity contribution < 1.29 is 28.6 Å². The number of nitrogens with one attached hydrogen (secondary N) is 1. The summed E-state index contributed by atoms with van der Waals surface area (Å²) in [5, 5.41) is 3.25. The quantitative estimate of drug-likeness (QED) is 0.529. The first-order valence-corrected chi connectivity index (χ1v) is 10.9. The standard InChI is InChI=1S/C23H33N3O6/c1-22(2,3)32-20(28)25-12-13-26(21(29)31-16-17-8-6-5-7-9-17)18(15-25)14-24-23(10-11-23)19(27)30-4/h5-9,18,24H,10-16H2,1-4H3. The summed E-state index contributed by atoms with van der Waals surface area (Å²) in [4.78, 5) is 40.8. The summed E-state index contributed by atoms with van der Waals surface area (Å²) in [5.41, 5.74) is -0.423. The van der Waals surface area contributed by atoms with Crippen LogP contribution in [0.15, 0.2) is 30.3 Å². The number of methoxy groups -OCH3 is 1. The van der Waals surface area contributed by atoms with E-state index in [0.29, 0.717) is 32.5 Å². The third-order valence-electron chi connectivity index (χ3n) is 5.58. The van der Waals surface area contributed by atoms with Crippen molar-refractivity contribution in [1.82, 2.24) is 15.1 Å². The van der Waals surface area contributed by atoms with E-state index >= 15 is 0 Å².